The van der Waals surface area contributed by atoms with Gasteiger partial charge in [-0.25, -0.2) is 4.79 Å². The molecule has 10 nitrogen and oxygen atoms in total. The summed E-state index contributed by atoms with van der Waals surface area (Å²) in [7, 11) is 0. The summed E-state index contributed by atoms with van der Waals surface area (Å²) < 4.78 is 5.10. The SMILES string of the molecule is CC(C)(C)OC(=O)NCC(=O)Nc1ccc(CNC(=O)c2ccc3c(c2)C(=O)N(C2CCCCC2)C3=O)cc1. The Morgan fingerprint density at radius 3 is 2.23 bits per heavy atom. The highest BCUT2D eigenvalue weighted by molar-refractivity contribution is 6.22. The smallest absolute Gasteiger partial charge is 0.408 e. The highest BCUT2D eigenvalue weighted by atomic mass is 16.6. The molecule has 5 amide bonds. The summed E-state index contributed by atoms with van der Waals surface area (Å²) in [6.07, 6.45) is 4.10. The Balaban J connectivity index is 1.28. The number of alkyl carbamates (subject to hydrolysis) is 1. The Labute approximate surface area is 227 Å². The summed E-state index contributed by atoms with van der Waals surface area (Å²) in [6.45, 7) is 5.19. The number of carbonyl (C=O) groups is 5. The van der Waals surface area contributed by atoms with Crippen LogP contribution in [-0.4, -0.2) is 52.8 Å². The molecular weight excluding hydrogens is 500 g/mol. The highest BCUT2D eigenvalue weighted by Crippen LogP contribution is 2.31. The molecule has 1 aliphatic heterocycles. The fourth-order valence-corrected chi connectivity index (χ4v) is 4.73. The largest absolute Gasteiger partial charge is 0.444 e. The molecule has 39 heavy (non-hydrogen) atoms. The van der Waals surface area contributed by atoms with Gasteiger partial charge in [0.05, 0.1) is 11.1 Å². The van der Waals surface area contributed by atoms with Crippen LogP contribution in [0.2, 0.25) is 0 Å². The number of fused-ring (bicyclic) bond motifs is 1. The van der Waals surface area contributed by atoms with E-state index in [1.165, 1.54) is 11.0 Å². The summed E-state index contributed by atoms with van der Waals surface area (Å²) in [5.74, 6) is -1.37. The molecule has 10 heteroatoms. The first-order valence-electron chi connectivity index (χ1n) is 13.2. The predicted molar refractivity (Wildman–Crippen MR) is 144 cm³/mol. The van der Waals surface area contributed by atoms with Gasteiger partial charge in [0.25, 0.3) is 17.7 Å². The molecule has 2 aliphatic rings. The number of nitrogens with zero attached hydrogens (tertiary/aromatic N) is 1. The lowest BCUT2D eigenvalue weighted by molar-refractivity contribution is -0.115. The van der Waals surface area contributed by atoms with Crippen molar-refractivity contribution in [3.05, 3.63) is 64.7 Å². The number of nitrogens with one attached hydrogen (secondary N) is 3. The molecule has 0 aromatic heterocycles. The first-order chi connectivity index (χ1) is 18.5. The zero-order chi connectivity index (χ0) is 28.2. The van der Waals surface area contributed by atoms with Gasteiger partial charge in [-0.1, -0.05) is 31.4 Å². The van der Waals surface area contributed by atoms with Crippen LogP contribution in [0.5, 0.6) is 0 Å². The topological polar surface area (TPSA) is 134 Å². The number of benzene rings is 2. The normalized spacial score (nSPS) is 15.5. The lowest BCUT2D eigenvalue weighted by Gasteiger charge is -2.29. The maximum atomic E-state index is 13.0. The van der Waals surface area contributed by atoms with Gasteiger partial charge in [0.15, 0.2) is 0 Å². The third-order valence-corrected chi connectivity index (χ3v) is 6.60. The van der Waals surface area contributed by atoms with E-state index in [0.29, 0.717) is 16.8 Å². The minimum absolute atomic E-state index is 0.0718. The van der Waals surface area contributed by atoms with Crippen LogP contribution >= 0.6 is 0 Å². The van der Waals surface area contributed by atoms with E-state index >= 15 is 0 Å². The van der Waals surface area contributed by atoms with Crippen molar-refractivity contribution in [1.82, 2.24) is 15.5 Å². The highest BCUT2D eigenvalue weighted by Gasteiger charge is 2.40. The zero-order valence-electron chi connectivity index (χ0n) is 22.5. The van der Waals surface area contributed by atoms with Gasteiger partial charge in [-0.2, -0.15) is 0 Å². The first-order valence-corrected chi connectivity index (χ1v) is 13.2. The van der Waals surface area contributed by atoms with Crippen molar-refractivity contribution < 1.29 is 28.7 Å². The average Bonchev–Trinajstić information content (AvgIpc) is 3.15. The van der Waals surface area contributed by atoms with E-state index in [1.54, 1.807) is 57.2 Å². The number of anilines is 1. The van der Waals surface area contributed by atoms with Gasteiger partial charge in [-0.05, 0) is 69.5 Å². The molecule has 2 aromatic rings. The van der Waals surface area contributed by atoms with Crippen molar-refractivity contribution in [3.8, 4) is 0 Å². The van der Waals surface area contributed by atoms with Crippen LogP contribution in [0.3, 0.4) is 0 Å². The number of rotatable bonds is 7. The third-order valence-electron chi connectivity index (χ3n) is 6.60. The second-order valence-electron chi connectivity index (χ2n) is 10.8. The second kappa shape index (κ2) is 11.7. The maximum absolute atomic E-state index is 13.0. The molecule has 1 fully saturated rings. The molecule has 0 unspecified atom stereocenters. The fraction of sp³-hybridized carbons (Fsp3) is 0.414. The fourth-order valence-electron chi connectivity index (χ4n) is 4.73. The average molecular weight is 535 g/mol. The van der Waals surface area contributed by atoms with Crippen molar-refractivity contribution in [2.24, 2.45) is 0 Å². The van der Waals surface area contributed by atoms with Gasteiger partial charge in [-0.3, -0.25) is 24.1 Å². The molecule has 1 aliphatic carbocycles. The first kappa shape index (κ1) is 27.8. The minimum Gasteiger partial charge on any atom is -0.444 e. The van der Waals surface area contributed by atoms with Crippen molar-refractivity contribution in [3.63, 3.8) is 0 Å². The van der Waals surface area contributed by atoms with Crippen molar-refractivity contribution in [2.45, 2.75) is 71.1 Å². The van der Waals surface area contributed by atoms with Crippen LogP contribution in [0.4, 0.5) is 10.5 Å². The van der Waals surface area contributed by atoms with E-state index in [2.05, 4.69) is 16.0 Å². The van der Waals surface area contributed by atoms with E-state index in [-0.39, 0.29) is 42.4 Å². The zero-order valence-corrected chi connectivity index (χ0v) is 22.5. The van der Waals surface area contributed by atoms with Crippen molar-refractivity contribution in [1.29, 1.82) is 0 Å². The lowest BCUT2D eigenvalue weighted by atomic mass is 9.94. The number of carbonyl (C=O) groups excluding carboxylic acids is 5. The van der Waals surface area contributed by atoms with Crippen LogP contribution in [0.15, 0.2) is 42.5 Å². The Hall–Kier alpha value is -4.21. The quantitative estimate of drug-likeness (QED) is 0.460. The van der Waals surface area contributed by atoms with Crippen LogP contribution in [0, 0.1) is 0 Å². The van der Waals surface area contributed by atoms with Gasteiger partial charge in [0.1, 0.15) is 12.1 Å². The monoisotopic (exact) mass is 534 g/mol. The van der Waals surface area contributed by atoms with Gasteiger partial charge >= 0.3 is 6.09 Å². The van der Waals surface area contributed by atoms with Crippen molar-refractivity contribution >= 4 is 35.4 Å². The van der Waals surface area contributed by atoms with E-state index in [1.807, 2.05) is 0 Å². The number of hydrogen-bond acceptors (Lipinski definition) is 6. The van der Waals surface area contributed by atoms with Crippen LogP contribution < -0.4 is 16.0 Å². The van der Waals surface area contributed by atoms with E-state index < -0.39 is 17.6 Å². The molecule has 0 spiro atoms. The second-order valence-corrected chi connectivity index (χ2v) is 10.8. The number of hydrogen-bond donors (Lipinski definition) is 3. The Morgan fingerprint density at radius 2 is 1.56 bits per heavy atom. The summed E-state index contributed by atoms with van der Waals surface area (Å²) in [4.78, 5) is 63.8. The van der Waals surface area contributed by atoms with Gasteiger partial charge in [0.2, 0.25) is 5.91 Å². The Bertz CT molecular complexity index is 1280. The Kier molecular flexibility index (Phi) is 8.32. The van der Waals surface area contributed by atoms with Crippen molar-refractivity contribution in [2.75, 3.05) is 11.9 Å². The lowest BCUT2D eigenvalue weighted by Crippen LogP contribution is -2.40. The van der Waals surface area contributed by atoms with Gasteiger partial charge in [0, 0.05) is 23.8 Å². The van der Waals surface area contributed by atoms with E-state index in [4.69, 9.17) is 4.74 Å². The molecule has 0 radical (unpaired) electrons. The number of amides is 5. The van der Waals surface area contributed by atoms with Crippen LogP contribution in [-0.2, 0) is 16.1 Å². The van der Waals surface area contributed by atoms with Gasteiger partial charge in [-0.15, -0.1) is 0 Å². The molecular formula is C29H34N4O6. The number of imide groups is 1. The summed E-state index contributed by atoms with van der Waals surface area (Å²) in [6, 6.07) is 11.4. The minimum atomic E-state index is -0.676. The molecule has 3 N–H and O–H groups in total. The standard InChI is InChI=1S/C29H34N4O6/c1-29(2,3)39-28(38)31-17-24(34)32-20-12-9-18(10-13-20)16-30-25(35)19-11-14-22-23(15-19)27(37)33(26(22)36)21-7-5-4-6-8-21/h9-15,21H,4-8,16-17H2,1-3H3,(H,30,35)(H,31,38)(H,32,34). The van der Waals surface area contributed by atoms with Crippen LogP contribution in [0.1, 0.15) is 89.5 Å². The number of ether oxygens (including phenoxy) is 1. The molecule has 1 heterocycles. The Morgan fingerprint density at radius 1 is 0.897 bits per heavy atom. The molecule has 0 atom stereocenters. The molecule has 1 saturated carbocycles. The molecule has 2 aromatic carbocycles. The maximum Gasteiger partial charge on any atom is 0.408 e. The molecule has 4 rings (SSSR count). The summed E-state index contributed by atoms with van der Waals surface area (Å²) >= 11 is 0. The third kappa shape index (κ3) is 7.01. The predicted octanol–water partition coefficient (Wildman–Crippen LogP) is 4.01. The molecule has 206 valence electrons. The van der Waals surface area contributed by atoms with Gasteiger partial charge < -0.3 is 20.7 Å². The van der Waals surface area contributed by atoms with E-state index in [9.17, 15) is 24.0 Å². The summed E-state index contributed by atoms with van der Waals surface area (Å²) in [5.41, 5.74) is 1.61. The summed E-state index contributed by atoms with van der Waals surface area (Å²) in [5, 5.41) is 7.89. The van der Waals surface area contributed by atoms with E-state index in [0.717, 1.165) is 37.7 Å². The molecule has 0 saturated heterocycles. The molecule has 0 bridgehead atoms. The van der Waals surface area contributed by atoms with Crippen LogP contribution in [0.25, 0.3) is 0 Å².